The molecule has 2 unspecified atom stereocenters. The molecule has 2 aliphatic rings. The zero-order chi connectivity index (χ0) is 14.1. The summed E-state index contributed by atoms with van der Waals surface area (Å²) in [6.07, 6.45) is 2.16. The topological polar surface area (TPSA) is 74.0 Å². The third-order valence-electron chi connectivity index (χ3n) is 4.07. The van der Waals surface area contributed by atoms with Crippen molar-refractivity contribution in [1.82, 2.24) is 9.80 Å². The molecule has 1 saturated carbocycles. The SMILES string of the molecule is O=C(O)C1CC1C(=O)N1CCN(Cc2ccco2)CC1. The minimum Gasteiger partial charge on any atom is -0.481 e. The fraction of sp³-hybridized carbons (Fsp3) is 0.571. The fourth-order valence-corrected chi connectivity index (χ4v) is 2.72. The second kappa shape index (κ2) is 5.28. The van der Waals surface area contributed by atoms with Crippen LogP contribution in [0, 0.1) is 11.8 Å². The molecule has 1 amide bonds. The summed E-state index contributed by atoms with van der Waals surface area (Å²) < 4.78 is 5.31. The van der Waals surface area contributed by atoms with Crippen LogP contribution in [0.1, 0.15) is 12.2 Å². The summed E-state index contributed by atoms with van der Waals surface area (Å²) in [6.45, 7) is 3.70. The van der Waals surface area contributed by atoms with Crippen LogP contribution < -0.4 is 0 Å². The van der Waals surface area contributed by atoms with E-state index in [1.807, 2.05) is 12.1 Å². The van der Waals surface area contributed by atoms with E-state index >= 15 is 0 Å². The number of rotatable bonds is 4. The van der Waals surface area contributed by atoms with E-state index in [-0.39, 0.29) is 11.8 Å². The number of furan rings is 1. The normalized spacial score (nSPS) is 26.5. The summed E-state index contributed by atoms with van der Waals surface area (Å²) in [7, 11) is 0. The Labute approximate surface area is 117 Å². The van der Waals surface area contributed by atoms with Gasteiger partial charge in [-0.05, 0) is 18.6 Å². The van der Waals surface area contributed by atoms with Crippen molar-refractivity contribution in [3.05, 3.63) is 24.2 Å². The third-order valence-corrected chi connectivity index (χ3v) is 4.07. The van der Waals surface area contributed by atoms with E-state index in [1.54, 1.807) is 11.2 Å². The number of hydrogen-bond acceptors (Lipinski definition) is 4. The number of nitrogens with zero attached hydrogens (tertiary/aromatic N) is 2. The van der Waals surface area contributed by atoms with Crippen LogP contribution in [0.3, 0.4) is 0 Å². The van der Waals surface area contributed by atoms with Crippen molar-refractivity contribution in [1.29, 1.82) is 0 Å². The first-order chi connectivity index (χ1) is 9.65. The Hall–Kier alpha value is -1.82. The lowest BCUT2D eigenvalue weighted by Crippen LogP contribution is -2.49. The largest absolute Gasteiger partial charge is 0.481 e. The Balaban J connectivity index is 1.47. The molecule has 1 aromatic rings. The minimum absolute atomic E-state index is 0.00930. The minimum atomic E-state index is -0.847. The van der Waals surface area contributed by atoms with Gasteiger partial charge in [0.1, 0.15) is 5.76 Å². The van der Waals surface area contributed by atoms with Crippen molar-refractivity contribution in [3.63, 3.8) is 0 Å². The van der Waals surface area contributed by atoms with Gasteiger partial charge in [0.15, 0.2) is 0 Å². The van der Waals surface area contributed by atoms with E-state index in [9.17, 15) is 9.59 Å². The Morgan fingerprint density at radius 1 is 1.25 bits per heavy atom. The number of piperazine rings is 1. The molecule has 1 saturated heterocycles. The molecule has 2 heterocycles. The predicted molar refractivity (Wildman–Crippen MR) is 69.8 cm³/mol. The number of carbonyl (C=O) groups excluding carboxylic acids is 1. The van der Waals surface area contributed by atoms with Crippen LogP contribution in [0.25, 0.3) is 0 Å². The van der Waals surface area contributed by atoms with E-state index in [4.69, 9.17) is 9.52 Å². The van der Waals surface area contributed by atoms with Crippen LogP contribution in [-0.2, 0) is 16.1 Å². The Bertz CT molecular complexity index is 491. The van der Waals surface area contributed by atoms with Gasteiger partial charge in [-0.15, -0.1) is 0 Å². The summed E-state index contributed by atoms with van der Waals surface area (Å²) in [5.74, 6) is -0.652. The van der Waals surface area contributed by atoms with Crippen molar-refractivity contribution in [2.75, 3.05) is 26.2 Å². The molecule has 0 radical (unpaired) electrons. The van der Waals surface area contributed by atoms with Crippen LogP contribution in [0.4, 0.5) is 0 Å². The third kappa shape index (κ3) is 2.70. The van der Waals surface area contributed by atoms with Gasteiger partial charge in [0.2, 0.25) is 5.91 Å². The second-order valence-corrected chi connectivity index (χ2v) is 5.47. The average Bonchev–Trinajstić information content (AvgIpc) is 3.10. The van der Waals surface area contributed by atoms with E-state index in [0.717, 1.165) is 25.4 Å². The van der Waals surface area contributed by atoms with Crippen molar-refractivity contribution >= 4 is 11.9 Å². The number of amides is 1. The summed E-state index contributed by atoms with van der Waals surface area (Å²) >= 11 is 0. The molecule has 1 N–H and O–H groups in total. The highest BCUT2D eigenvalue weighted by molar-refractivity contribution is 5.89. The standard InChI is InChI=1S/C14H18N2O4/c17-13(11-8-12(11)14(18)19)16-5-3-15(4-6-16)9-10-2-1-7-20-10/h1-2,7,11-12H,3-6,8-9H2,(H,18,19). The highest BCUT2D eigenvalue weighted by Gasteiger charge is 2.49. The molecular weight excluding hydrogens is 260 g/mol. The molecule has 1 aliphatic carbocycles. The molecule has 0 aromatic carbocycles. The fourth-order valence-electron chi connectivity index (χ4n) is 2.72. The molecule has 0 bridgehead atoms. The van der Waals surface area contributed by atoms with E-state index < -0.39 is 11.9 Å². The maximum absolute atomic E-state index is 12.1. The van der Waals surface area contributed by atoms with Crippen molar-refractivity contribution in [2.24, 2.45) is 11.8 Å². The monoisotopic (exact) mass is 278 g/mol. The van der Waals surface area contributed by atoms with Crippen molar-refractivity contribution in [2.45, 2.75) is 13.0 Å². The van der Waals surface area contributed by atoms with Gasteiger partial charge in [-0.2, -0.15) is 0 Å². The maximum Gasteiger partial charge on any atom is 0.307 e. The molecule has 2 fully saturated rings. The number of carboxylic acid groups (broad SMARTS) is 1. The first kappa shape index (κ1) is 13.2. The number of hydrogen-bond donors (Lipinski definition) is 1. The molecule has 0 spiro atoms. The lowest BCUT2D eigenvalue weighted by molar-refractivity contribution is -0.142. The van der Waals surface area contributed by atoms with Gasteiger partial charge >= 0.3 is 5.97 Å². The quantitative estimate of drug-likeness (QED) is 0.875. The first-order valence-electron chi connectivity index (χ1n) is 6.91. The highest BCUT2D eigenvalue weighted by Crippen LogP contribution is 2.40. The number of carboxylic acids is 1. The van der Waals surface area contributed by atoms with Crippen LogP contribution in [0.5, 0.6) is 0 Å². The van der Waals surface area contributed by atoms with Gasteiger partial charge in [-0.1, -0.05) is 0 Å². The predicted octanol–water partition coefficient (Wildman–Crippen LogP) is 0.644. The molecule has 6 heteroatoms. The van der Waals surface area contributed by atoms with Crippen LogP contribution in [0.2, 0.25) is 0 Å². The molecule has 3 rings (SSSR count). The van der Waals surface area contributed by atoms with Gasteiger partial charge in [0.05, 0.1) is 24.6 Å². The number of aliphatic carboxylic acids is 1. The van der Waals surface area contributed by atoms with E-state index in [1.165, 1.54) is 0 Å². The van der Waals surface area contributed by atoms with Crippen molar-refractivity contribution < 1.29 is 19.1 Å². The summed E-state index contributed by atoms with van der Waals surface area (Å²) in [4.78, 5) is 27.0. The Kier molecular flexibility index (Phi) is 3.48. The average molecular weight is 278 g/mol. The van der Waals surface area contributed by atoms with Gasteiger partial charge < -0.3 is 14.4 Å². The smallest absolute Gasteiger partial charge is 0.307 e. The van der Waals surface area contributed by atoms with Gasteiger partial charge in [0.25, 0.3) is 0 Å². The zero-order valence-electron chi connectivity index (χ0n) is 11.2. The Morgan fingerprint density at radius 3 is 2.55 bits per heavy atom. The molecule has 6 nitrogen and oxygen atoms in total. The Morgan fingerprint density at radius 2 is 2.00 bits per heavy atom. The molecule has 108 valence electrons. The molecule has 1 aliphatic heterocycles. The molecule has 2 atom stereocenters. The van der Waals surface area contributed by atoms with Crippen LogP contribution in [-0.4, -0.2) is 53.0 Å². The molecule has 1 aromatic heterocycles. The van der Waals surface area contributed by atoms with Gasteiger partial charge in [-0.25, -0.2) is 0 Å². The van der Waals surface area contributed by atoms with Gasteiger partial charge in [0, 0.05) is 26.2 Å². The van der Waals surface area contributed by atoms with E-state index in [0.29, 0.717) is 19.5 Å². The van der Waals surface area contributed by atoms with Crippen molar-refractivity contribution in [3.8, 4) is 0 Å². The van der Waals surface area contributed by atoms with Crippen LogP contribution >= 0.6 is 0 Å². The zero-order valence-corrected chi connectivity index (χ0v) is 11.2. The first-order valence-corrected chi connectivity index (χ1v) is 6.91. The molecular formula is C14H18N2O4. The molecule has 20 heavy (non-hydrogen) atoms. The summed E-state index contributed by atoms with van der Waals surface area (Å²) in [5.41, 5.74) is 0. The summed E-state index contributed by atoms with van der Waals surface area (Å²) in [6, 6.07) is 3.81. The van der Waals surface area contributed by atoms with E-state index in [2.05, 4.69) is 4.90 Å². The summed E-state index contributed by atoms with van der Waals surface area (Å²) in [5, 5.41) is 8.87. The van der Waals surface area contributed by atoms with Crippen LogP contribution in [0.15, 0.2) is 22.8 Å². The maximum atomic E-state index is 12.1. The number of carbonyl (C=O) groups is 2. The highest BCUT2D eigenvalue weighted by atomic mass is 16.4. The van der Waals surface area contributed by atoms with Gasteiger partial charge in [-0.3, -0.25) is 14.5 Å². The lowest BCUT2D eigenvalue weighted by atomic mass is 10.2. The second-order valence-electron chi connectivity index (χ2n) is 5.47. The lowest BCUT2D eigenvalue weighted by Gasteiger charge is -2.34.